The minimum Gasteiger partial charge on any atom is -0.361 e. The summed E-state index contributed by atoms with van der Waals surface area (Å²) in [5, 5.41) is 3.67. The SMILES string of the molecule is CCCC1(CNC(=S)NN)CC1. The molecule has 3 nitrogen and oxygen atoms in total. The van der Waals surface area contributed by atoms with Gasteiger partial charge in [0.25, 0.3) is 0 Å². The van der Waals surface area contributed by atoms with Crippen LogP contribution >= 0.6 is 12.2 Å². The van der Waals surface area contributed by atoms with Crippen molar-refractivity contribution in [1.29, 1.82) is 0 Å². The molecule has 0 aliphatic heterocycles. The second kappa shape index (κ2) is 4.05. The van der Waals surface area contributed by atoms with Crippen molar-refractivity contribution >= 4 is 17.3 Å². The summed E-state index contributed by atoms with van der Waals surface area (Å²) in [6.45, 7) is 3.20. The normalized spacial score (nSPS) is 18.5. The maximum Gasteiger partial charge on any atom is 0.180 e. The van der Waals surface area contributed by atoms with Crippen LogP contribution in [0.15, 0.2) is 0 Å². The number of thiocarbonyl (C=S) groups is 1. The van der Waals surface area contributed by atoms with E-state index in [2.05, 4.69) is 17.7 Å². The van der Waals surface area contributed by atoms with Crippen molar-refractivity contribution in [2.45, 2.75) is 32.6 Å². The van der Waals surface area contributed by atoms with Crippen molar-refractivity contribution in [1.82, 2.24) is 10.7 Å². The van der Waals surface area contributed by atoms with Gasteiger partial charge in [0.15, 0.2) is 5.11 Å². The topological polar surface area (TPSA) is 50.1 Å². The third kappa shape index (κ3) is 2.60. The van der Waals surface area contributed by atoms with E-state index in [0.29, 0.717) is 10.5 Å². The molecule has 0 atom stereocenters. The Balaban J connectivity index is 2.17. The summed E-state index contributed by atoms with van der Waals surface area (Å²) in [7, 11) is 0. The van der Waals surface area contributed by atoms with Gasteiger partial charge in [0.2, 0.25) is 0 Å². The molecule has 4 heteroatoms. The third-order valence-electron chi connectivity index (χ3n) is 2.49. The number of hydrogen-bond donors (Lipinski definition) is 3. The van der Waals surface area contributed by atoms with Crippen LogP contribution in [0.1, 0.15) is 32.6 Å². The van der Waals surface area contributed by atoms with Crippen LogP contribution in [-0.4, -0.2) is 11.7 Å². The van der Waals surface area contributed by atoms with E-state index in [1.807, 2.05) is 0 Å². The Morgan fingerprint density at radius 1 is 1.58 bits per heavy atom. The number of hydrogen-bond acceptors (Lipinski definition) is 2. The summed E-state index contributed by atoms with van der Waals surface area (Å²) in [6, 6.07) is 0. The Labute approximate surface area is 79.1 Å². The molecule has 0 spiro atoms. The lowest BCUT2D eigenvalue weighted by atomic mass is 10.0. The van der Waals surface area contributed by atoms with E-state index in [1.165, 1.54) is 25.7 Å². The number of rotatable bonds is 4. The van der Waals surface area contributed by atoms with E-state index >= 15 is 0 Å². The van der Waals surface area contributed by atoms with Crippen molar-refractivity contribution in [3.05, 3.63) is 0 Å². The Kier molecular flexibility index (Phi) is 3.29. The molecule has 12 heavy (non-hydrogen) atoms. The molecule has 0 radical (unpaired) electrons. The highest BCUT2D eigenvalue weighted by Crippen LogP contribution is 2.48. The van der Waals surface area contributed by atoms with Gasteiger partial charge in [-0.1, -0.05) is 13.3 Å². The molecule has 1 aliphatic carbocycles. The molecule has 1 rings (SSSR count). The van der Waals surface area contributed by atoms with Crippen molar-refractivity contribution in [3.8, 4) is 0 Å². The largest absolute Gasteiger partial charge is 0.361 e. The van der Waals surface area contributed by atoms with Crippen LogP contribution in [0.5, 0.6) is 0 Å². The Hall–Kier alpha value is -0.350. The number of hydrazine groups is 1. The fourth-order valence-electron chi connectivity index (χ4n) is 1.54. The summed E-state index contributed by atoms with van der Waals surface area (Å²) in [5.41, 5.74) is 2.97. The molecule has 70 valence electrons. The zero-order chi connectivity index (χ0) is 9.03. The standard InChI is InChI=1S/C8H17N3S/c1-2-3-8(4-5-8)6-10-7(12)11-9/h2-6,9H2,1H3,(H2,10,11,12). The summed E-state index contributed by atoms with van der Waals surface area (Å²) in [6.07, 6.45) is 5.22. The lowest BCUT2D eigenvalue weighted by Gasteiger charge is -2.15. The minimum atomic E-state index is 0.537. The number of nitrogens with one attached hydrogen (secondary N) is 2. The molecule has 0 bridgehead atoms. The summed E-state index contributed by atoms with van der Waals surface area (Å²) >= 11 is 4.89. The molecule has 1 fully saturated rings. The Bertz CT molecular complexity index is 166. The van der Waals surface area contributed by atoms with Crippen LogP contribution < -0.4 is 16.6 Å². The van der Waals surface area contributed by atoms with Gasteiger partial charge in [-0.3, -0.25) is 0 Å². The van der Waals surface area contributed by atoms with E-state index in [-0.39, 0.29) is 0 Å². The lowest BCUT2D eigenvalue weighted by molar-refractivity contribution is 0.451. The van der Waals surface area contributed by atoms with E-state index in [1.54, 1.807) is 0 Å². The van der Waals surface area contributed by atoms with Crippen LogP contribution in [0.2, 0.25) is 0 Å². The van der Waals surface area contributed by atoms with Crippen LogP contribution in [0.4, 0.5) is 0 Å². The van der Waals surface area contributed by atoms with Gasteiger partial charge < -0.3 is 10.7 Å². The van der Waals surface area contributed by atoms with Gasteiger partial charge in [-0.25, -0.2) is 5.84 Å². The fraction of sp³-hybridized carbons (Fsp3) is 0.875. The second-order valence-electron chi connectivity index (χ2n) is 3.58. The van der Waals surface area contributed by atoms with Crippen molar-refractivity contribution in [2.24, 2.45) is 11.3 Å². The molecule has 0 aromatic carbocycles. The zero-order valence-corrected chi connectivity index (χ0v) is 8.34. The van der Waals surface area contributed by atoms with Gasteiger partial charge in [-0.2, -0.15) is 0 Å². The lowest BCUT2D eigenvalue weighted by Crippen LogP contribution is -2.42. The van der Waals surface area contributed by atoms with Crippen molar-refractivity contribution in [2.75, 3.05) is 6.54 Å². The first kappa shape index (κ1) is 9.74. The average molecular weight is 187 g/mol. The van der Waals surface area contributed by atoms with Gasteiger partial charge >= 0.3 is 0 Å². The molecular weight excluding hydrogens is 170 g/mol. The molecular formula is C8H17N3S. The quantitative estimate of drug-likeness (QED) is 0.348. The Morgan fingerprint density at radius 2 is 2.25 bits per heavy atom. The molecule has 0 saturated heterocycles. The van der Waals surface area contributed by atoms with Crippen molar-refractivity contribution < 1.29 is 0 Å². The van der Waals surface area contributed by atoms with Crippen LogP contribution in [0.25, 0.3) is 0 Å². The molecule has 0 heterocycles. The molecule has 1 saturated carbocycles. The van der Waals surface area contributed by atoms with E-state index < -0.39 is 0 Å². The first-order valence-electron chi connectivity index (χ1n) is 4.47. The Morgan fingerprint density at radius 3 is 2.67 bits per heavy atom. The first-order valence-corrected chi connectivity index (χ1v) is 4.88. The minimum absolute atomic E-state index is 0.537. The molecule has 0 unspecified atom stereocenters. The third-order valence-corrected chi connectivity index (χ3v) is 2.75. The van der Waals surface area contributed by atoms with Crippen LogP contribution in [-0.2, 0) is 0 Å². The van der Waals surface area contributed by atoms with Gasteiger partial charge in [0.05, 0.1) is 0 Å². The maximum absolute atomic E-state index is 5.14. The summed E-state index contributed by atoms with van der Waals surface area (Å²) in [5.74, 6) is 5.14. The number of nitrogens with two attached hydrogens (primary N) is 1. The molecule has 0 aromatic heterocycles. The highest BCUT2D eigenvalue weighted by Gasteiger charge is 2.41. The van der Waals surface area contributed by atoms with Crippen molar-refractivity contribution in [3.63, 3.8) is 0 Å². The molecule has 0 aromatic rings. The zero-order valence-electron chi connectivity index (χ0n) is 7.52. The highest BCUT2D eigenvalue weighted by atomic mass is 32.1. The van der Waals surface area contributed by atoms with Crippen LogP contribution in [0.3, 0.4) is 0 Å². The molecule has 1 aliphatic rings. The first-order chi connectivity index (χ1) is 5.72. The summed E-state index contributed by atoms with van der Waals surface area (Å²) in [4.78, 5) is 0. The van der Waals surface area contributed by atoms with Gasteiger partial charge in [-0.05, 0) is 36.9 Å². The van der Waals surface area contributed by atoms with Gasteiger partial charge in [0, 0.05) is 6.54 Å². The molecule has 4 N–H and O–H groups in total. The predicted molar refractivity (Wildman–Crippen MR) is 54.5 cm³/mol. The van der Waals surface area contributed by atoms with Gasteiger partial charge in [0.1, 0.15) is 0 Å². The highest BCUT2D eigenvalue weighted by molar-refractivity contribution is 7.80. The van der Waals surface area contributed by atoms with E-state index in [0.717, 1.165) is 6.54 Å². The predicted octanol–water partition coefficient (Wildman–Crippen LogP) is 0.905. The van der Waals surface area contributed by atoms with Crippen LogP contribution in [0, 0.1) is 5.41 Å². The monoisotopic (exact) mass is 187 g/mol. The molecule has 0 amide bonds. The van der Waals surface area contributed by atoms with E-state index in [4.69, 9.17) is 18.1 Å². The fourth-order valence-corrected chi connectivity index (χ4v) is 1.61. The van der Waals surface area contributed by atoms with E-state index in [9.17, 15) is 0 Å². The summed E-state index contributed by atoms with van der Waals surface area (Å²) < 4.78 is 0. The van der Waals surface area contributed by atoms with Gasteiger partial charge in [-0.15, -0.1) is 0 Å². The average Bonchev–Trinajstić information content (AvgIpc) is 2.82. The smallest absolute Gasteiger partial charge is 0.180 e. The maximum atomic E-state index is 5.14. The second-order valence-corrected chi connectivity index (χ2v) is 3.99.